The van der Waals surface area contributed by atoms with Crippen LogP contribution in [-0.4, -0.2) is 24.2 Å². The lowest BCUT2D eigenvalue weighted by Gasteiger charge is -2.24. The molecule has 0 spiro atoms. The standard InChI is InChI=1S/C19H21F3N2O3S/c1-11(2)16(24-17(25)15-5-4-10-28-15)18(26)23-12(3)13-6-8-14(9-7-13)27-19(20,21)22/h4-12,16H,1-3H3,(H,23,26)(H,24,25). The molecule has 5 nitrogen and oxygen atoms in total. The van der Waals surface area contributed by atoms with E-state index in [9.17, 15) is 22.8 Å². The summed E-state index contributed by atoms with van der Waals surface area (Å²) in [6.07, 6.45) is -4.76. The van der Waals surface area contributed by atoms with Gasteiger partial charge in [-0.25, -0.2) is 0 Å². The van der Waals surface area contributed by atoms with Crippen molar-refractivity contribution in [3.05, 3.63) is 52.2 Å². The van der Waals surface area contributed by atoms with Crippen LogP contribution in [0.3, 0.4) is 0 Å². The van der Waals surface area contributed by atoms with E-state index in [1.54, 1.807) is 24.4 Å². The highest BCUT2D eigenvalue weighted by Crippen LogP contribution is 2.24. The van der Waals surface area contributed by atoms with Crippen LogP contribution in [0.5, 0.6) is 5.75 Å². The monoisotopic (exact) mass is 414 g/mol. The molecule has 28 heavy (non-hydrogen) atoms. The average Bonchev–Trinajstić information content (AvgIpc) is 3.13. The number of carbonyl (C=O) groups is 2. The lowest BCUT2D eigenvalue weighted by molar-refractivity contribution is -0.274. The molecule has 0 aliphatic rings. The van der Waals surface area contributed by atoms with E-state index in [4.69, 9.17) is 0 Å². The molecule has 1 aromatic carbocycles. The second-order valence-electron chi connectivity index (χ2n) is 6.52. The van der Waals surface area contributed by atoms with Crippen molar-refractivity contribution in [3.63, 3.8) is 0 Å². The molecule has 1 heterocycles. The minimum atomic E-state index is -4.76. The van der Waals surface area contributed by atoms with Gasteiger partial charge in [-0.1, -0.05) is 32.0 Å². The first kappa shape index (κ1) is 21.7. The maximum Gasteiger partial charge on any atom is 0.573 e. The van der Waals surface area contributed by atoms with Crippen LogP contribution in [0.25, 0.3) is 0 Å². The molecule has 2 N–H and O–H groups in total. The number of rotatable bonds is 7. The summed E-state index contributed by atoms with van der Waals surface area (Å²) in [5.74, 6) is -1.19. The number of thiophene rings is 1. The third kappa shape index (κ3) is 6.26. The van der Waals surface area contributed by atoms with Gasteiger partial charge in [-0.05, 0) is 42.0 Å². The van der Waals surface area contributed by atoms with Crippen LogP contribution in [0.2, 0.25) is 0 Å². The summed E-state index contributed by atoms with van der Waals surface area (Å²) in [7, 11) is 0. The fraction of sp³-hybridized carbons (Fsp3) is 0.368. The van der Waals surface area contributed by atoms with Gasteiger partial charge in [-0.15, -0.1) is 24.5 Å². The summed E-state index contributed by atoms with van der Waals surface area (Å²) in [5, 5.41) is 7.28. The summed E-state index contributed by atoms with van der Waals surface area (Å²) in [5.41, 5.74) is 0.606. The van der Waals surface area contributed by atoms with Crippen LogP contribution in [0.15, 0.2) is 41.8 Å². The first-order valence-corrected chi connectivity index (χ1v) is 9.45. The molecule has 0 fully saturated rings. The predicted molar refractivity (Wildman–Crippen MR) is 100 cm³/mol. The number of benzene rings is 1. The Hall–Kier alpha value is -2.55. The maximum absolute atomic E-state index is 12.6. The summed E-state index contributed by atoms with van der Waals surface area (Å²) < 4.78 is 40.5. The number of ether oxygens (including phenoxy) is 1. The number of alkyl halides is 3. The summed E-state index contributed by atoms with van der Waals surface area (Å²) in [6.45, 7) is 5.33. The van der Waals surface area contributed by atoms with Gasteiger partial charge in [0.1, 0.15) is 11.8 Å². The van der Waals surface area contributed by atoms with Crippen molar-refractivity contribution in [1.29, 1.82) is 0 Å². The number of halogens is 3. The largest absolute Gasteiger partial charge is 0.573 e. The second kappa shape index (κ2) is 9.09. The van der Waals surface area contributed by atoms with Crippen LogP contribution in [0.4, 0.5) is 13.2 Å². The molecule has 0 aliphatic heterocycles. The number of hydrogen-bond donors (Lipinski definition) is 2. The van der Waals surface area contributed by atoms with Crippen molar-refractivity contribution in [2.45, 2.75) is 39.2 Å². The molecule has 0 bridgehead atoms. The molecule has 9 heteroatoms. The van der Waals surface area contributed by atoms with E-state index in [-0.39, 0.29) is 23.5 Å². The zero-order chi connectivity index (χ0) is 20.9. The SMILES string of the molecule is CC(NC(=O)C(NC(=O)c1cccs1)C(C)C)c1ccc(OC(F)(F)F)cc1. The molecule has 2 rings (SSSR count). The van der Waals surface area contributed by atoms with Gasteiger partial charge in [0, 0.05) is 0 Å². The van der Waals surface area contributed by atoms with E-state index in [0.29, 0.717) is 10.4 Å². The van der Waals surface area contributed by atoms with Gasteiger partial charge in [0.15, 0.2) is 0 Å². The molecule has 0 aliphatic carbocycles. The van der Waals surface area contributed by atoms with Gasteiger partial charge in [-0.2, -0.15) is 0 Å². The quantitative estimate of drug-likeness (QED) is 0.711. The molecule has 0 saturated carbocycles. The van der Waals surface area contributed by atoms with E-state index in [0.717, 1.165) is 0 Å². The van der Waals surface area contributed by atoms with E-state index >= 15 is 0 Å². The molecule has 2 aromatic rings. The number of carbonyl (C=O) groups excluding carboxylic acids is 2. The Bertz CT molecular complexity index is 790. The highest BCUT2D eigenvalue weighted by molar-refractivity contribution is 7.12. The zero-order valence-electron chi connectivity index (χ0n) is 15.5. The Morgan fingerprint density at radius 1 is 1.04 bits per heavy atom. The van der Waals surface area contributed by atoms with E-state index < -0.39 is 18.4 Å². The first-order chi connectivity index (χ1) is 13.1. The highest BCUT2D eigenvalue weighted by atomic mass is 32.1. The Balaban J connectivity index is 2.01. The molecule has 1 aromatic heterocycles. The molecule has 2 atom stereocenters. The zero-order valence-corrected chi connectivity index (χ0v) is 16.4. The lowest BCUT2D eigenvalue weighted by atomic mass is 10.0. The minimum Gasteiger partial charge on any atom is -0.406 e. The Morgan fingerprint density at radius 2 is 1.68 bits per heavy atom. The normalized spacial score (nSPS) is 13.7. The summed E-state index contributed by atoms with van der Waals surface area (Å²) >= 11 is 1.28. The Morgan fingerprint density at radius 3 is 2.18 bits per heavy atom. The van der Waals surface area contributed by atoms with E-state index in [1.165, 1.54) is 35.6 Å². The smallest absolute Gasteiger partial charge is 0.406 e. The molecule has 0 radical (unpaired) electrons. The number of nitrogens with one attached hydrogen (secondary N) is 2. The Labute approximate surface area is 164 Å². The van der Waals surface area contributed by atoms with Gasteiger partial charge in [0.05, 0.1) is 10.9 Å². The van der Waals surface area contributed by atoms with Gasteiger partial charge < -0.3 is 15.4 Å². The number of hydrogen-bond acceptors (Lipinski definition) is 4. The van der Waals surface area contributed by atoms with E-state index in [1.807, 2.05) is 13.8 Å². The molecule has 2 amide bonds. The fourth-order valence-electron chi connectivity index (χ4n) is 2.50. The van der Waals surface area contributed by atoms with Crippen LogP contribution >= 0.6 is 11.3 Å². The van der Waals surface area contributed by atoms with Crippen molar-refractivity contribution >= 4 is 23.2 Å². The van der Waals surface area contributed by atoms with E-state index in [2.05, 4.69) is 15.4 Å². The average molecular weight is 414 g/mol. The van der Waals surface area contributed by atoms with Crippen molar-refractivity contribution in [3.8, 4) is 5.75 Å². The van der Waals surface area contributed by atoms with Gasteiger partial charge in [0.2, 0.25) is 5.91 Å². The van der Waals surface area contributed by atoms with Crippen molar-refractivity contribution in [2.24, 2.45) is 5.92 Å². The van der Waals surface area contributed by atoms with Crippen molar-refractivity contribution in [1.82, 2.24) is 10.6 Å². The topological polar surface area (TPSA) is 67.4 Å². The van der Waals surface area contributed by atoms with Gasteiger partial charge in [-0.3, -0.25) is 9.59 Å². The molecular weight excluding hydrogens is 393 g/mol. The highest BCUT2D eigenvalue weighted by Gasteiger charge is 2.31. The first-order valence-electron chi connectivity index (χ1n) is 8.57. The van der Waals surface area contributed by atoms with Crippen molar-refractivity contribution in [2.75, 3.05) is 0 Å². The Kier molecular flexibility index (Phi) is 7.06. The summed E-state index contributed by atoms with van der Waals surface area (Å²) in [4.78, 5) is 25.4. The molecule has 0 saturated heterocycles. The predicted octanol–water partition coefficient (Wildman–Crippen LogP) is 4.28. The van der Waals surface area contributed by atoms with Crippen LogP contribution in [0, 0.1) is 5.92 Å². The third-order valence-electron chi connectivity index (χ3n) is 3.95. The fourth-order valence-corrected chi connectivity index (χ4v) is 3.13. The maximum atomic E-state index is 12.6. The molecule has 152 valence electrons. The molecule has 2 unspecified atom stereocenters. The number of amides is 2. The van der Waals surface area contributed by atoms with Crippen LogP contribution in [-0.2, 0) is 4.79 Å². The van der Waals surface area contributed by atoms with Crippen molar-refractivity contribution < 1.29 is 27.5 Å². The second-order valence-corrected chi connectivity index (χ2v) is 7.47. The van der Waals surface area contributed by atoms with Gasteiger partial charge >= 0.3 is 6.36 Å². The lowest BCUT2D eigenvalue weighted by Crippen LogP contribution is -2.50. The minimum absolute atomic E-state index is 0.154. The van der Waals surface area contributed by atoms with Crippen LogP contribution in [0.1, 0.15) is 42.0 Å². The van der Waals surface area contributed by atoms with Gasteiger partial charge in [0.25, 0.3) is 5.91 Å². The summed E-state index contributed by atoms with van der Waals surface area (Å²) in [6, 6.07) is 7.47. The molecular formula is C19H21F3N2O3S. The third-order valence-corrected chi connectivity index (χ3v) is 4.82. The van der Waals surface area contributed by atoms with Crippen LogP contribution < -0.4 is 15.4 Å².